The van der Waals surface area contributed by atoms with Crippen molar-refractivity contribution in [1.82, 2.24) is 15.0 Å². The number of hydrogen-bond donors (Lipinski definition) is 1. The van der Waals surface area contributed by atoms with E-state index >= 15 is 0 Å². The Balaban J connectivity index is 1.39. The number of amides is 1. The largest absolute Gasteiger partial charge is 0.462 e. The average molecular weight is 483 g/mol. The summed E-state index contributed by atoms with van der Waals surface area (Å²) >= 11 is 6.23. The van der Waals surface area contributed by atoms with Gasteiger partial charge in [0.25, 0.3) is 0 Å². The first-order chi connectivity index (χ1) is 16.4. The van der Waals surface area contributed by atoms with Gasteiger partial charge < -0.3 is 14.6 Å². The lowest BCUT2D eigenvalue weighted by atomic mass is 9.96. The Kier molecular flexibility index (Phi) is 7.59. The number of likely N-dealkylation sites (tertiary alicyclic amines) is 1. The molecule has 178 valence electrons. The summed E-state index contributed by atoms with van der Waals surface area (Å²) in [6.07, 6.45) is 1.67. The highest BCUT2D eigenvalue weighted by molar-refractivity contribution is 6.33. The molecular weight excluding hydrogens is 456 g/mol. The summed E-state index contributed by atoms with van der Waals surface area (Å²) in [5, 5.41) is 7.61. The second-order valence-electron chi connectivity index (χ2n) is 8.31. The Morgan fingerprint density at radius 3 is 2.88 bits per heavy atom. The van der Waals surface area contributed by atoms with Crippen LogP contribution in [0.25, 0.3) is 11.4 Å². The van der Waals surface area contributed by atoms with E-state index in [-0.39, 0.29) is 11.8 Å². The van der Waals surface area contributed by atoms with Crippen LogP contribution in [0, 0.1) is 12.8 Å². The second kappa shape index (κ2) is 10.8. The molecule has 1 aliphatic heterocycles. The molecule has 1 amide bonds. The quantitative estimate of drug-likeness (QED) is 0.486. The van der Waals surface area contributed by atoms with Crippen molar-refractivity contribution >= 4 is 29.2 Å². The van der Waals surface area contributed by atoms with Crippen molar-refractivity contribution in [2.45, 2.75) is 33.2 Å². The molecule has 1 unspecified atom stereocenters. The molecule has 0 spiro atoms. The number of aryl methyl sites for hydroxylation is 1. The minimum atomic E-state index is -0.405. The van der Waals surface area contributed by atoms with E-state index in [1.165, 1.54) is 0 Å². The summed E-state index contributed by atoms with van der Waals surface area (Å²) in [4.78, 5) is 31.7. The molecular formula is C25H27ClN4O4. The molecule has 9 heteroatoms. The Morgan fingerprint density at radius 1 is 1.26 bits per heavy atom. The van der Waals surface area contributed by atoms with Crippen molar-refractivity contribution in [3.63, 3.8) is 0 Å². The van der Waals surface area contributed by atoms with E-state index in [2.05, 4.69) is 20.4 Å². The van der Waals surface area contributed by atoms with Crippen molar-refractivity contribution in [3.05, 3.63) is 64.5 Å². The molecule has 34 heavy (non-hydrogen) atoms. The smallest absolute Gasteiger partial charge is 0.338 e. The number of aromatic nitrogens is 2. The lowest BCUT2D eigenvalue weighted by Crippen LogP contribution is -2.40. The fraction of sp³-hybridized carbons (Fsp3) is 0.360. The number of rotatable bonds is 7. The number of halogens is 1. The molecule has 1 fully saturated rings. The van der Waals surface area contributed by atoms with Crippen molar-refractivity contribution in [2.24, 2.45) is 5.92 Å². The van der Waals surface area contributed by atoms with Crippen molar-refractivity contribution in [1.29, 1.82) is 0 Å². The normalized spacial score (nSPS) is 16.3. The van der Waals surface area contributed by atoms with Crippen LogP contribution < -0.4 is 5.32 Å². The van der Waals surface area contributed by atoms with E-state index in [1.807, 2.05) is 25.1 Å². The number of esters is 1. The molecule has 0 bridgehead atoms. The lowest BCUT2D eigenvalue weighted by molar-refractivity contribution is -0.121. The van der Waals surface area contributed by atoms with Gasteiger partial charge in [-0.3, -0.25) is 9.69 Å². The van der Waals surface area contributed by atoms with Crippen LogP contribution in [0.2, 0.25) is 5.02 Å². The zero-order valence-corrected chi connectivity index (χ0v) is 20.0. The maximum atomic E-state index is 13.0. The molecule has 2 heterocycles. The minimum Gasteiger partial charge on any atom is -0.462 e. The van der Waals surface area contributed by atoms with Gasteiger partial charge >= 0.3 is 5.97 Å². The Bertz CT molecular complexity index is 1180. The Labute approximate surface area is 203 Å². The molecule has 1 aliphatic rings. The van der Waals surface area contributed by atoms with Gasteiger partial charge in [0.15, 0.2) is 0 Å². The van der Waals surface area contributed by atoms with Crippen molar-refractivity contribution < 1.29 is 18.8 Å². The van der Waals surface area contributed by atoms with Crippen LogP contribution in [0.15, 0.2) is 47.0 Å². The van der Waals surface area contributed by atoms with E-state index in [4.69, 9.17) is 20.9 Å². The topological polar surface area (TPSA) is 97.6 Å². The third kappa shape index (κ3) is 5.63. The van der Waals surface area contributed by atoms with Gasteiger partial charge in [-0.05, 0) is 63.1 Å². The minimum absolute atomic E-state index is 0.0731. The van der Waals surface area contributed by atoms with Crippen molar-refractivity contribution in [3.8, 4) is 11.4 Å². The predicted octanol–water partition coefficient (Wildman–Crippen LogP) is 4.73. The summed E-state index contributed by atoms with van der Waals surface area (Å²) in [7, 11) is 0. The first-order valence-corrected chi connectivity index (χ1v) is 11.7. The van der Waals surface area contributed by atoms with Gasteiger partial charge in [-0.1, -0.05) is 35.0 Å². The molecule has 1 aromatic heterocycles. The zero-order valence-electron chi connectivity index (χ0n) is 19.2. The van der Waals surface area contributed by atoms with Gasteiger partial charge in [0.05, 0.1) is 29.7 Å². The Morgan fingerprint density at radius 2 is 2.09 bits per heavy atom. The number of ether oxygens (including phenoxy) is 1. The fourth-order valence-electron chi connectivity index (χ4n) is 4.01. The van der Waals surface area contributed by atoms with Gasteiger partial charge in [-0.2, -0.15) is 4.98 Å². The number of piperidine rings is 1. The number of nitrogens with one attached hydrogen (secondary N) is 1. The van der Waals surface area contributed by atoms with Crippen LogP contribution in [-0.2, 0) is 16.1 Å². The molecule has 1 saturated heterocycles. The summed E-state index contributed by atoms with van der Waals surface area (Å²) in [6.45, 7) is 5.82. The van der Waals surface area contributed by atoms with E-state index in [0.717, 1.165) is 30.5 Å². The van der Waals surface area contributed by atoms with Crippen LogP contribution in [0.1, 0.15) is 41.6 Å². The highest BCUT2D eigenvalue weighted by atomic mass is 35.5. The summed E-state index contributed by atoms with van der Waals surface area (Å²) in [5.41, 5.74) is 2.63. The van der Waals surface area contributed by atoms with Crippen LogP contribution >= 0.6 is 11.6 Å². The predicted molar refractivity (Wildman–Crippen MR) is 129 cm³/mol. The summed E-state index contributed by atoms with van der Waals surface area (Å²) < 4.78 is 10.5. The van der Waals surface area contributed by atoms with Crippen molar-refractivity contribution in [2.75, 3.05) is 25.0 Å². The summed E-state index contributed by atoms with van der Waals surface area (Å²) in [6, 6.07) is 12.5. The Hall–Kier alpha value is -3.23. The number of benzene rings is 2. The molecule has 1 N–H and O–H groups in total. The zero-order chi connectivity index (χ0) is 24.1. The molecule has 8 nitrogen and oxygen atoms in total. The van der Waals surface area contributed by atoms with Crippen LogP contribution in [0.5, 0.6) is 0 Å². The van der Waals surface area contributed by atoms with Gasteiger partial charge in [0.2, 0.25) is 17.6 Å². The third-order valence-corrected chi connectivity index (χ3v) is 6.15. The second-order valence-corrected chi connectivity index (χ2v) is 8.71. The van der Waals surface area contributed by atoms with E-state index in [0.29, 0.717) is 47.7 Å². The maximum Gasteiger partial charge on any atom is 0.338 e. The van der Waals surface area contributed by atoms with E-state index < -0.39 is 5.97 Å². The first-order valence-electron chi connectivity index (χ1n) is 11.3. The van der Waals surface area contributed by atoms with Crippen LogP contribution in [-0.4, -0.2) is 46.6 Å². The molecule has 4 rings (SSSR count). The molecule has 0 saturated carbocycles. The molecule has 0 radical (unpaired) electrons. The monoisotopic (exact) mass is 482 g/mol. The van der Waals surface area contributed by atoms with Gasteiger partial charge in [0.1, 0.15) is 0 Å². The molecule has 3 aromatic rings. The number of hydrogen-bond acceptors (Lipinski definition) is 7. The van der Waals surface area contributed by atoms with Crippen LogP contribution in [0.3, 0.4) is 0 Å². The van der Waals surface area contributed by atoms with E-state index in [9.17, 15) is 9.59 Å². The average Bonchev–Trinajstić information content (AvgIpc) is 3.29. The van der Waals surface area contributed by atoms with Crippen LogP contribution in [0.4, 0.5) is 5.69 Å². The maximum absolute atomic E-state index is 13.0. The first kappa shape index (κ1) is 23.9. The SMILES string of the molecule is CCOC(=O)c1ccc(C)c(NC(=O)C2CCCN(Cc3nc(-c4ccccc4Cl)no3)C2)c1. The number of carbonyl (C=O) groups is 2. The molecule has 0 aliphatic carbocycles. The number of anilines is 1. The van der Waals surface area contributed by atoms with Gasteiger partial charge in [-0.25, -0.2) is 4.79 Å². The molecule has 2 aromatic carbocycles. The standard InChI is InChI=1S/C25H27ClN4O4/c1-3-33-25(32)17-11-10-16(2)21(13-17)27-24(31)18-7-6-12-30(14-18)15-22-28-23(29-34-22)19-8-4-5-9-20(19)26/h4-5,8-11,13,18H,3,6-7,12,14-15H2,1-2H3,(H,27,31). The lowest BCUT2D eigenvalue weighted by Gasteiger charge is -2.31. The fourth-order valence-corrected chi connectivity index (χ4v) is 4.23. The molecule has 1 atom stereocenters. The van der Waals surface area contributed by atoms with Gasteiger partial charge in [0, 0.05) is 17.8 Å². The third-order valence-electron chi connectivity index (χ3n) is 5.82. The van der Waals surface area contributed by atoms with Gasteiger partial charge in [-0.15, -0.1) is 0 Å². The summed E-state index contributed by atoms with van der Waals surface area (Å²) in [5.74, 6) is 0.261. The highest BCUT2D eigenvalue weighted by Crippen LogP contribution is 2.26. The highest BCUT2D eigenvalue weighted by Gasteiger charge is 2.27. The number of nitrogens with zero attached hydrogens (tertiary/aromatic N) is 3. The van der Waals surface area contributed by atoms with E-state index in [1.54, 1.807) is 31.2 Å². The number of carbonyl (C=O) groups excluding carboxylic acids is 2.